The minimum absolute atomic E-state index is 0.0150. The molecule has 224 valence electrons. The van der Waals surface area contributed by atoms with Crippen molar-refractivity contribution in [1.29, 1.82) is 0 Å². The van der Waals surface area contributed by atoms with Gasteiger partial charge in [0.15, 0.2) is 0 Å². The van der Waals surface area contributed by atoms with Crippen molar-refractivity contribution in [2.75, 3.05) is 27.4 Å². The molecule has 0 saturated carbocycles. The summed E-state index contributed by atoms with van der Waals surface area (Å²) >= 11 is 0. The Morgan fingerprint density at radius 3 is 2.21 bits per heavy atom. The van der Waals surface area contributed by atoms with Gasteiger partial charge >= 0.3 is 5.97 Å². The number of nitrogens with one attached hydrogen (secondary N) is 1. The molecule has 3 aromatic carbocycles. The van der Waals surface area contributed by atoms with Gasteiger partial charge in [-0.1, -0.05) is 42.5 Å². The second-order valence-electron chi connectivity index (χ2n) is 9.90. The summed E-state index contributed by atoms with van der Waals surface area (Å²) in [4.78, 5) is 25.4. The van der Waals surface area contributed by atoms with Crippen LogP contribution >= 0.6 is 0 Å². The van der Waals surface area contributed by atoms with E-state index in [0.29, 0.717) is 43.1 Å². The van der Waals surface area contributed by atoms with Crippen LogP contribution < -0.4 is 14.8 Å². The Hall–Kier alpha value is -3.93. The third kappa shape index (κ3) is 6.92. The van der Waals surface area contributed by atoms with E-state index in [-0.39, 0.29) is 17.9 Å². The zero-order valence-electron chi connectivity index (χ0n) is 23.9. The van der Waals surface area contributed by atoms with E-state index in [2.05, 4.69) is 5.32 Å². The molecule has 1 aliphatic rings. The molecule has 2 atom stereocenters. The second kappa shape index (κ2) is 13.8. The van der Waals surface area contributed by atoms with Crippen molar-refractivity contribution >= 4 is 21.9 Å². The van der Waals surface area contributed by atoms with Gasteiger partial charge in [-0.25, -0.2) is 13.2 Å². The van der Waals surface area contributed by atoms with Crippen LogP contribution in [0.5, 0.6) is 11.5 Å². The molecule has 10 nitrogen and oxygen atoms in total. The smallest absolute Gasteiger partial charge is 0.326 e. The summed E-state index contributed by atoms with van der Waals surface area (Å²) in [5, 5.41) is 12.5. The summed E-state index contributed by atoms with van der Waals surface area (Å²) in [5.41, 5.74) is 3.13. The van der Waals surface area contributed by atoms with E-state index in [0.717, 1.165) is 21.0 Å². The van der Waals surface area contributed by atoms with Crippen LogP contribution in [0.15, 0.2) is 71.6 Å². The lowest BCUT2D eigenvalue weighted by atomic mass is 9.98. The van der Waals surface area contributed by atoms with E-state index in [1.54, 1.807) is 44.6 Å². The molecule has 3 aromatic rings. The minimum atomic E-state index is -3.90. The van der Waals surface area contributed by atoms with Crippen molar-refractivity contribution in [2.24, 2.45) is 0 Å². The molecule has 4 rings (SSSR count). The number of carboxylic acids is 1. The first kappa shape index (κ1) is 31.0. The standard InChI is InChI=1S/C31H36N2O8S/c1-4-41-20-22-18-27(39-2)29(28(19-22)40-3)23-14-12-21(13-15-23)17-25(31(35)36)32-30(34)26-11-8-16-33(26)42(37,38)24-9-6-5-7-10-24/h5-7,9-10,12-15,18-19,25-26H,4,8,11,16-17,20H2,1-3H3,(H,32,34)(H,35,36)/t25-,26-/m0/s1. The Morgan fingerprint density at radius 2 is 1.64 bits per heavy atom. The molecule has 0 spiro atoms. The van der Waals surface area contributed by atoms with Crippen LogP contribution in [-0.2, 0) is 37.4 Å². The Kier molecular flexibility index (Phi) is 10.2. The third-order valence-electron chi connectivity index (χ3n) is 7.19. The van der Waals surface area contributed by atoms with E-state index in [9.17, 15) is 23.1 Å². The normalized spacial score (nSPS) is 16.1. The highest BCUT2D eigenvalue weighted by molar-refractivity contribution is 7.89. The fraction of sp³-hybridized carbons (Fsp3) is 0.355. The Labute approximate surface area is 246 Å². The summed E-state index contributed by atoms with van der Waals surface area (Å²) in [6.07, 6.45) is 0.829. The third-order valence-corrected chi connectivity index (χ3v) is 9.11. The highest BCUT2D eigenvalue weighted by Crippen LogP contribution is 2.40. The molecular weight excluding hydrogens is 560 g/mol. The molecule has 0 bridgehead atoms. The Morgan fingerprint density at radius 1 is 1.00 bits per heavy atom. The van der Waals surface area contributed by atoms with Crippen LogP contribution in [-0.4, -0.2) is 69.2 Å². The maximum Gasteiger partial charge on any atom is 0.326 e. The van der Waals surface area contributed by atoms with Crippen molar-refractivity contribution in [3.8, 4) is 22.6 Å². The van der Waals surface area contributed by atoms with Crippen LogP contribution in [0.2, 0.25) is 0 Å². The van der Waals surface area contributed by atoms with E-state index in [1.807, 2.05) is 31.2 Å². The number of sulfonamides is 1. The monoisotopic (exact) mass is 596 g/mol. The van der Waals surface area contributed by atoms with Gasteiger partial charge in [0.05, 0.1) is 31.3 Å². The maximum atomic E-state index is 13.2. The summed E-state index contributed by atoms with van der Waals surface area (Å²) in [7, 11) is -0.746. The van der Waals surface area contributed by atoms with Gasteiger partial charge < -0.3 is 24.6 Å². The zero-order valence-corrected chi connectivity index (χ0v) is 24.7. The first-order valence-electron chi connectivity index (χ1n) is 13.7. The first-order chi connectivity index (χ1) is 20.2. The van der Waals surface area contributed by atoms with E-state index < -0.39 is 34.0 Å². The molecule has 1 saturated heterocycles. The fourth-order valence-corrected chi connectivity index (χ4v) is 6.76. The average Bonchev–Trinajstić information content (AvgIpc) is 3.51. The number of hydrogen-bond donors (Lipinski definition) is 2. The van der Waals surface area contributed by atoms with Crippen LogP contribution in [0.1, 0.15) is 30.9 Å². The molecule has 0 radical (unpaired) electrons. The summed E-state index contributed by atoms with van der Waals surface area (Å²) in [6.45, 7) is 3.11. The topological polar surface area (TPSA) is 131 Å². The molecule has 1 amide bonds. The number of benzene rings is 3. The SMILES string of the molecule is CCOCc1cc(OC)c(-c2ccc(C[C@H](NC(=O)[C@@H]3CCCN3S(=O)(=O)c3ccccc3)C(=O)O)cc2)c(OC)c1. The summed E-state index contributed by atoms with van der Waals surface area (Å²) in [6, 6.07) is 16.7. The molecule has 2 N–H and O–H groups in total. The molecule has 0 unspecified atom stereocenters. The minimum Gasteiger partial charge on any atom is -0.496 e. The van der Waals surface area contributed by atoms with Gasteiger partial charge in [-0.15, -0.1) is 0 Å². The zero-order chi connectivity index (χ0) is 30.3. The molecule has 0 aliphatic carbocycles. The number of methoxy groups -OCH3 is 2. The predicted octanol–water partition coefficient (Wildman–Crippen LogP) is 3.87. The molecule has 1 heterocycles. The largest absolute Gasteiger partial charge is 0.496 e. The molecule has 1 aliphatic heterocycles. The quantitative estimate of drug-likeness (QED) is 0.304. The second-order valence-corrected chi connectivity index (χ2v) is 11.8. The van der Waals surface area contributed by atoms with Crippen molar-refractivity contribution in [3.05, 3.63) is 77.9 Å². The Balaban J connectivity index is 1.50. The van der Waals surface area contributed by atoms with Crippen molar-refractivity contribution < 1.29 is 37.3 Å². The van der Waals surface area contributed by atoms with E-state index in [4.69, 9.17) is 14.2 Å². The average molecular weight is 597 g/mol. The van der Waals surface area contributed by atoms with Gasteiger partial charge in [0.2, 0.25) is 15.9 Å². The van der Waals surface area contributed by atoms with Crippen LogP contribution in [0.4, 0.5) is 0 Å². The lowest BCUT2D eigenvalue weighted by molar-refractivity contribution is -0.142. The fourth-order valence-electron chi connectivity index (χ4n) is 5.08. The lowest BCUT2D eigenvalue weighted by Crippen LogP contribution is -2.51. The van der Waals surface area contributed by atoms with Gasteiger partial charge in [-0.05, 0) is 60.7 Å². The number of carboxylic acid groups (broad SMARTS) is 1. The predicted molar refractivity (Wildman–Crippen MR) is 157 cm³/mol. The van der Waals surface area contributed by atoms with Crippen LogP contribution in [0.25, 0.3) is 11.1 Å². The number of rotatable bonds is 13. The van der Waals surface area contributed by atoms with E-state index in [1.165, 1.54) is 12.1 Å². The first-order valence-corrected chi connectivity index (χ1v) is 15.2. The van der Waals surface area contributed by atoms with Crippen LogP contribution in [0, 0.1) is 0 Å². The highest BCUT2D eigenvalue weighted by atomic mass is 32.2. The molecule has 42 heavy (non-hydrogen) atoms. The molecule has 1 fully saturated rings. The van der Waals surface area contributed by atoms with Crippen molar-refractivity contribution in [2.45, 2.75) is 49.8 Å². The van der Waals surface area contributed by atoms with Crippen LogP contribution in [0.3, 0.4) is 0 Å². The number of hydrogen-bond acceptors (Lipinski definition) is 7. The number of nitrogens with zero attached hydrogens (tertiary/aromatic N) is 1. The maximum absolute atomic E-state index is 13.2. The summed E-state index contributed by atoms with van der Waals surface area (Å²) in [5.74, 6) is -0.619. The molecular formula is C31H36N2O8S. The van der Waals surface area contributed by atoms with Gasteiger partial charge in [-0.2, -0.15) is 4.31 Å². The van der Waals surface area contributed by atoms with Gasteiger partial charge in [0.25, 0.3) is 0 Å². The van der Waals surface area contributed by atoms with Gasteiger partial charge in [-0.3, -0.25) is 4.79 Å². The summed E-state index contributed by atoms with van der Waals surface area (Å²) < 4.78 is 44.3. The van der Waals surface area contributed by atoms with Gasteiger partial charge in [0.1, 0.15) is 23.6 Å². The molecule has 0 aromatic heterocycles. The molecule has 11 heteroatoms. The lowest BCUT2D eigenvalue weighted by Gasteiger charge is -2.25. The van der Waals surface area contributed by atoms with Crippen molar-refractivity contribution in [1.82, 2.24) is 9.62 Å². The number of carbonyl (C=O) groups excluding carboxylic acids is 1. The number of amides is 1. The highest BCUT2D eigenvalue weighted by Gasteiger charge is 2.40. The number of ether oxygens (including phenoxy) is 3. The van der Waals surface area contributed by atoms with Gasteiger partial charge in [0, 0.05) is 19.6 Å². The Bertz CT molecular complexity index is 1470. The number of aliphatic carboxylic acids is 1. The van der Waals surface area contributed by atoms with E-state index >= 15 is 0 Å². The number of carbonyl (C=O) groups is 2. The van der Waals surface area contributed by atoms with Crippen molar-refractivity contribution in [3.63, 3.8) is 0 Å².